The summed E-state index contributed by atoms with van der Waals surface area (Å²) < 4.78 is 5.52. The van der Waals surface area contributed by atoms with E-state index in [1.165, 1.54) is 0 Å². The smallest absolute Gasteiger partial charge is 0.222 e. The SMILES string of the molecule is O=C1CCNC(COc2ccccc2)N1. The van der Waals surface area contributed by atoms with Gasteiger partial charge in [0.05, 0.1) is 0 Å². The highest BCUT2D eigenvalue weighted by Gasteiger charge is 2.17. The summed E-state index contributed by atoms with van der Waals surface area (Å²) in [6.07, 6.45) is 0.466. The molecule has 1 unspecified atom stereocenters. The van der Waals surface area contributed by atoms with Crippen LogP contribution in [0.1, 0.15) is 6.42 Å². The maximum atomic E-state index is 11.1. The van der Waals surface area contributed by atoms with Gasteiger partial charge in [0, 0.05) is 13.0 Å². The van der Waals surface area contributed by atoms with E-state index in [-0.39, 0.29) is 12.1 Å². The summed E-state index contributed by atoms with van der Waals surface area (Å²) in [5.41, 5.74) is 0. The normalized spacial score (nSPS) is 20.8. The Bertz CT molecular complexity index is 327. The number of hydrogen-bond acceptors (Lipinski definition) is 3. The van der Waals surface area contributed by atoms with E-state index in [4.69, 9.17) is 4.74 Å². The molecule has 15 heavy (non-hydrogen) atoms. The zero-order chi connectivity index (χ0) is 10.5. The molecule has 2 rings (SSSR count). The van der Waals surface area contributed by atoms with Crippen molar-refractivity contribution in [1.29, 1.82) is 0 Å². The van der Waals surface area contributed by atoms with Crippen LogP contribution < -0.4 is 15.4 Å². The van der Waals surface area contributed by atoms with E-state index < -0.39 is 0 Å². The first-order chi connectivity index (χ1) is 7.34. The molecular formula is C11H14N2O2. The van der Waals surface area contributed by atoms with Crippen LogP contribution in [0.15, 0.2) is 30.3 Å². The lowest BCUT2D eigenvalue weighted by atomic mass is 10.3. The molecule has 4 nitrogen and oxygen atoms in total. The third-order valence-electron chi connectivity index (χ3n) is 2.24. The van der Waals surface area contributed by atoms with Crippen LogP contribution >= 0.6 is 0 Å². The minimum atomic E-state index is -0.0774. The molecule has 0 aliphatic carbocycles. The lowest BCUT2D eigenvalue weighted by molar-refractivity contribution is -0.123. The number of carbonyl (C=O) groups is 1. The fraction of sp³-hybridized carbons (Fsp3) is 0.364. The highest BCUT2D eigenvalue weighted by atomic mass is 16.5. The second-order valence-corrected chi connectivity index (χ2v) is 3.45. The Kier molecular flexibility index (Phi) is 3.19. The van der Waals surface area contributed by atoms with E-state index >= 15 is 0 Å². The highest BCUT2D eigenvalue weighted by molar-refractivity contribution is 5.77. The van der Waals surface area contributed by atoms with Crippen molar-refractivity contribution in [2.45, 2.75) is 12.6 Å². The predicted octanol–water partition coefficient (Wildman–Crippen LogP) is 0.501. The van der Waals surface area contributed by atoms with E-state index in [2.05, 4.69) is 10.6 Å². The summed E-state index contributed by atoms with van der Waals surface area (Å²) in [6.45, 7) is 1.17. The fourth-order valence-corrected chi connectivity index (χ4v) is 1.47. The van der Waals surface area contributed by atoms with Gasteiger partial charge in [-0.25, -0.2) is 0 Å². The largest absolute Gasteiger partial charge is 0.490 e. The van der Waals surface area contributed by atoms with Crippen molar-refractivity contribution in [2.24, 2.45) is 0 Å². The molecule has 1 aromatic carbocycles. The third kappa shape index (κ3) is 2.95. The van der Waals surface area contributed by atoms with Crippen LogP contribution in [-0.4, -0.2) is 25.2 Å². The zero-order valence-electron chi connectivity index (χ0n) is 8.40. The zero-order valence-corrected chi connectivity index (χ0v) is 8.40. The maximum absolute atomic E-state index is 11.1. The first-order valence-corrected chi connectivity index (χ1v) is 5.05. The Morgan fingerprint density at radius 1 is 1.33 bits per heavy atom. The second-order valence-electron chi connectivity index (χ2n) is 3.45. The van der Waals surface area contributed by atoms with Crippen molar-refractivity contribution >= 4 is 5.91 Å². The number of para-hydroxylation sites is 1. The summed E-state index contributed by atoms with van der Waals surface area (Å²) in [4.78, 5) is 11.1. The minimum Gasteiger partial charge on any atom is -0.490 e. The summed E-state index contributed by atoms with van der Waals surface area (Å²) in [5.74, 6) is 0.898. The Labute approximate surface area is 88.6 Å². The fourth-order valence-electron chi connectivity index (χ4n) is 1.47. The van der Waals surface area contributed by atoms with Gasteiger partial charge in [-0.3, -0.25) is 10.1 Å². The van der Waals surface area contributed by atoms with Crippen molar-refractivity contribution in [3.63, 3.8) is 0 Å². The molecule has 1 aliphatic heterocycles. The molecule has 1 aromatic rings. The van der Waals surface area contributed by atoms with Gasteiger partial charge in [0.1, 0.15) is 18.5 Å². The van der Waals surface area contributed by atoms with Crippen LogP contribution in [0.5, 0.6) is 5.75 Å². The Balaban J connectivity index is 1.80. The van der Waals surface area contributed by atoms with E-state index in [0.29, 0.717) is 19.6 Å². The van der Waals surface area contributed by atoms with Gasteiger partial charge >= 0.3 is 0 Å². The molecule has 1 amide bonds. The minimum absolute atomic E-state index is 0.0774. The molecular weight excluding hydrogens is 192 g/mol. The highest BCUT2D eigenvalue weighted by Crippen LogP contribution is 2.08. The summed E-state index contributed by atoms with van der Waals surface area (Å²) in [7, 11) is 0. The first-order valence-electron chi connectivity index (χ1n) is 5.05. The molecule has 4 heteroatoms. The van der Waals surface area contributed by atoms with Gasteiger partial charge in [0.25, 0.3) is 0 Å². The van der Waals surface area contributed by atoms with Crippen LogP contribution in [0.2, 0.25) is 0 Å². The Hall–Kier alpha value is -1.55. The number of hydrogen-bond donors (Lipinski definition) is 2. The molecule has 1 heterocycles. The first kappa shape index (κ1) is 9.98. The molecule has 0 radical (unpaired) electrons. The summed E-state index contributed by atoms with van der Waals surface area (Å²) >= 11 is 0. The van der Waals surface area contributed by atoms with E-state index in [1.54, 1.807) is 0 Å². The van der Waals surface area contributed by atoms with Gasteiger partial charge in [-0.2, -0.15) is 0 Å². The number of amides is 1. The maximum Gasteiger partial charge on any atom is 0.222 e. The average Bonchev–Trinajstić information content (AvgIpc) is 2.28. The standard InChI is InChI=1S/C11H14N2O2/c14-11-6-7-12-10(13-11)8-15-9-4-2-1-3-5-9/h1-5,10,12H,6-8H2,(H,13,14). The molecule has 1 saturated heterocycles. The van der Waals surface area contributed by atoms with Gasteiger partial charge in [-0.1, -0.05) is 18.2 Å². The van der Waals surface area contributed by atoms with Gasteiger partial charge in [0.15, 0.2) is 0 Å². The van der Waals surface area contributed by atoms with Gasteiger partial charge < -0.3 is 10.1 Å². The van der Waals surface area contributed by atoms with Crippen LogP contribution in [0.4, 0.5) is 0 Å². The number of carbonyl (C=O) groups excluding carboxylic acids is 1. The third-order valence-corrected chi connectivity index (χ3v) is 2.24. The van der Waals surface area contributed by atoms with Crippen molar-refractivity contribution in [3.05, 3.63) is 30.3 Å². The molecule has 1 atom stereocenters. The topological polar surface area (TPSA) is 50.4 Å². The quantitative estimate of drug-likeness (QED) is 0.757. The number of rotatable bonds is 3. The van der Waals surface area contributed by atoms with E-state index in [1.807, 2.05) is 30.3 Å². The van der Waals surface area contributed by atoms with Crippen LogP contribution in [0, 0.1) is 0 Å². The average molecular weight is 206 g/mol. The van der Waals surface area contributed by atoms with Crippen molar-refractivity contribution in [3.8, 4) is 5.75 Å². The lowest BCUT2D eigenvalue weighted by Gasteiger charge is -2.24. The van der Waals surface area contributed by atoms with Gasteiger partial charge in [-0.05, 0) is 12.1 Å². The molecule has 0 bridgehead atoms. The molecule has 1 aliphatic rings. The molecule has 2 N–H and O–H groups in total. The van der Waals surface area contributed by atoms with E-state index in [0.717, 1.165) is 5.75 Å². The monoisotopic (exact) mass is 206 g/mol. The summed E-state index contributed by atoms with van der Waals surface area (Å²) in [5, 5.41) is 5.97. The Morgan fingerprint density at radius 2 is 2.13 bits per heavy atom. The van der Waals surface area contributed by atoms with E-state index in [9.17, 15) is 4.79 Å². The van der Waals surface area contributed by atoms with Gasteiger partial charge in [-0.15, -0.1) is 0 Å². The molecule has 0 saturated carbocycles. The molecule has 0 spiro atoms. The lowest BCUT2D eigenvalue weighted by Crippen LogP contribution is -2.54. The predicted molar refractivity (Wildman–Crippen MR) is 56.5 cm³/mol. The van der Waals surface area contributed by atoms with Crippen LogP contribution in [0.25, 0.3) is 0 Å². The second kappa shape index (κ2) is 4.79. The van der Waals surface area contributed by atoms with Crippen LogP contribution in [0.3, 0.4) is 0 Å². The number of benzene rings is 1. The molecule has 80 valence electrons. The molecule has 1 fully saturated rings. The molecule has 0 aromatic heterocycles. The van der Waals surface area contributed by atoms with Crippen molar-refractivity contribution in [2.75, 3.05) is 13.2 Å². The van der Waals surface area contributed by atoms with Crippen LogP contribution in [-0.2, 0) is 4.79 Å². The number of ether oxygens (including phenoxy) is 1. The van der Waals surface area contributed by atoms with Gasteiger partial charge in [0.2, 0.25) is 5.91 Å². The van der Waals surface area contributed by atoms with Crippen molar-refractivity contribution < 1.29 is 9.53 Å². The summed E-state index contributed by atoms with van der Waals surface area (Å²) in [6, 6.07) is 9.56. The number of nitrogens with one attached hydrogen (secondary N) is 2. The Morgan fingerprint density at radius 3 is 2.87 bits per heavy atom. The van der Waals surface area contributed by atoms with Crippen molar-refractivity contribution in [1.82, 2.24) is 10.6 Å².